The predicted molar refractivity (Wildman–Crippen MR) is 69.3 cm³/mol. The highest BCUT2D eigenvalue weighted by atomic mass is 15.0. The maximum atomic E-state index is 4.37. The fourth-order valence-electron chi connectivity index (χ4n) is 2.39. The Kier molecular flexibility index (Phi) is 2.59. The number of rotatable bonds is 2. The van der Waals surface area contributed by atoms with E-state index in [2.05, 4.69) is 33.1 Å². The van der Waals surface area contributed by atoms with Gasteiger partial charge in [-0.3, -0.25) is 0 Å². The molecule has 0 saturated carbocycles. The van der Waals surface area contributed by atoms with Crippen molar-refractivity contribution < 1.29 is 0 Å². The van der Waals surface area contributed by atoms with Gasteiger partial charge in [0.1, 0.15) is 5.82 Å². The van der Waals surface area contributed by atoms with E-state index in [4.69, 9.17) is 0 Å². The van der Waals surface area contributed by atoms with Crippen LogP contribution in [0.3, 0.4) is 0 Å². The summed E-state index contributed by atoms with van der Waals surface area (Å²) in [5, 5.41) is 3.44. The molecule has 1 aromatic heterocycles. The Morgan fingerprint density at radius 2 is 2.35 bits per heavy atom. The van der Waals surface area contributed by atoms with Gasteiger partial charge in [-0.1, -0.05) is 12.1 Å². The number of anilines is 1. The van der Waals surface area contributed by atoms with Crippen molar-refractivity contribution in [3.05, 3.63) is 47.5 Å². The van der Waals surface area contributed by atoms with Crippen molar-refractivity contribution in [2.75, 3.05) is 11.9 Å². The molecule has 3 rings (SSSR count). The van der Waals surface area contributed by atoms with Crippen molar-refractivity contribution in [3.8, 4) is 0 Å². The van der Waals surface area contributed by atoms with Gasteiger partial charge in [0.05, 0.1) is 0 Å². The van der Waals surface area contributed by atoms with Crippen LogP contribution in [-0.2, 0) is 19.9 Å². The molecular weight excluding hydrogens is 210 g/mol. The lowest BCUT2D eigenvalue weighted by Gasteiger charge is -2.18. The van der Waals surface area contributed by atoms with Crippen LogP contribution in [0.25, 0.3) is 0 Å². The number of aryl methyl sites for hydroxylation is 2. The van der Waals surface area contributed by atoms with Crippen LogP contribution in [0.2, 0.25) is 0 Å². The predicted octanol–water partition coefficient (Wildman–Crippen LogP) is 2.37. The number of fused-ring (bicyclic) bond motifs is 1. The molecule has 2 heterocycles. The van der Waals surface area contributed by atoms with Gasteiger partial charge in [-0.2, -0.15) is 0 Å². The molecule has 0 unspecified atom stereocenters. The second-order valence-electron chi connectivity index (χ2n) is 4.65. The smallest absolute Gasteiger partial charge is 0.112 e. The van der Waals surface area contributed by atoms with E-state index in [1.807, 2.05) is 19.4 Å². The van der Waals surface area contributed by atoms with Gasteiger partial charge >= 0.3 is 0 Å². The van der Waals surface area contributed by atoms with Gasteiger partial charge in [0.2, 0.25) is 0 Å². The second-order valence-corrected chi connectivity index (χ2v) is 4.65. The minimum atomic E-state index is 0.913. The third kappa shape index (κ3) is 2.05. The van der Waals surface area contributed by atoms with E-state index >= 15 is 0 Å². The van der Waals surface area contributed by atoms with Crippen molar-refractivity contribution >= 4 is 5.69 Å². The number of imidazole rings is 1. The van der Waals surface area contributed by atoms with Crippen molar-refractivity contribution in [1.82, 2.24) is 9.55 Å². The Morgan fingerprint density at radius 1 is 1.41 bits per heavy atom. The van der Waals surface area contributed by atoms with Crippen LogP contribution >= 0.6 is 0 Å². The summed E-state index contributed by atoms with van der Waals surface area (Å²) in [6.07, 6.45) is 7.19. The lowest BCUT2D eigenvalue weighted by molar-refractivity contribution is 0.811. The molecule has 0 amide bonds. The fourth-order valence-corrected chi connectivity index (χ4v) is 2.39. The van der Waals surface area contributed by atoms with Crippen LogP contribution in [0.5, 0.6) is 0 Å². The zero-order valence-corrected chi connectivity index (χ0v) is 10.1. The molecule has 0 saturated heterocycles. The summed E-state index contributed by atoms with van der Waals surface area (Å²) in [6, 6.07) is 6.72. The maximum absolute atomic E-state index is 4.37. The molecule has 0 aliphatic carbocycles. The summed E-state index contributed by atoms with van der Waals surface area (Å²) < 4.78 is 2.08. The highest BCUT2D eigenvalue weighted by molar-refractivity contribution is 5.54. The number of aromatic nitrogens is 2. The molecule has 2 aromatic rings. The van der Waals surface area contributed by atoms with E-state index in [0.717, 1.165) is 18.8 Å². The van der Waals surface area contributed by atoms with Gasteiger partial charge < -0.3 is 9.88 Å². The Labute approximate surface area is 101 Å². The molecule has 88 valence electrons. The van der Waals surface area contributed by atoms with E-state index in [9.17, 15) is 0 Å². The lowest BCUT2D eigenvalue weighted by atomic mass is 9.99. The first-order valence-electron chi connectivity index (χ1n) is 6.15. The van der Waals surface area contributed by atoms with Crippen LogP contribution in [0.15, 0.2) is 30.6 Å². The molecule has 3 heteroatoms. The zero-order valence-electron chi connectivity index (χ0n) is 10.1. The first-order valence-corrected chi connectivity index (χ1v) is 6.15. The van der Waals surface area contributed by atoms with Gasteiger partial charge in [0.15, 0.2) is 0 Å². The topological polar surface area (TPSA) is 29.9 Å². The first kappa shape index (κ1) is 10.4. The summed E-state index contributed by atoms with van der Waals surface area (Å²) in [6.45, 7) is 1.10. The molecule has 17 heavy (non-hydrogen) atoms. The molecular formula is C14H17N3. The number of nitrogens with one attached hydrogen (secondary N) is 1. The molecule has 0 radical (unpaired) electrons. The van der Waals surface area contributed by atoms with Crippen molar-refractivity contribution in [2.24, 2.45) is 7.05 Å². The number of hydrogen-bond donors (Lipinski definition) is 1. The van der Waals surface area contributed by atoms with E-state index in [1.54, 1.807) is 0 Å². The van der Waals surface area contributed by atoms with E-state index in [1.165, 1.54) is 29.7 Å². The lowest BCUT2D eigenvalue weighted by Crippen LogP contribution is -2.12. The minimum absolute atomic E-state index is 0.913. The average Bonchev–Trinajstić information content (AvgIpc) is 2.75. The standard InChI is InChI=1S/C14H17N3/c1-17-8-7-16-14(17)10-11-4-5-13-12(9-11)3-2-6-15-13/h4-5,7-9,15H,2-3,6,10H2,1H3. The summed E-state index contributed by atoms with van der Waals surface area (Å²) in [5.41, 5.74) is 4.10. The van der Waals surface area contributed by atoms with E-state index in [-0.39, 0.29) is 0 Å². The molecule has 0 atom stereocenters. The molecule has 0 bridgehead atoms. The monoisotopic (exact) mass is 227 g/mol. The van der Waals surface area contributed by atoms with E-state index in [0.29, 0.717) is 0 Å². The van der Waals surface area contributed by atoms with Gasteiger partial charge in [-0.25, -0.2) is 4.98 Å². The third-order valence-electron chi connectivity index (χ3n) is 3.39. The first-order chi connectivity index (χ1) is 8.33. The largest absolute Gasteiger partial charge is 0.385 e. The van der Waals surface area contributed by atoms with Crippen LogP contribution in [0, 0.1) is 0 Å². The number of nitrogens with zero attached hydrogens (tertiary/aromatic N) is 2. The Hall–Kier alpha value is -1.77. The molecule has 3 nitrogen and oxygen atoms in total. The Morgan fingerprint density at radius 3 is 3.18 bits per heavy atom. The second kappa shape index (κ2) is 4.24. The van der Waals surface area contributed by atoms with Crippen molar-refractivity contribution in [2.45, 2.75) is 19.3 Å². The summed E-state index contributed by atoms with van der Waals surface area (Å²) in [7, 11) is 2.04. The fraction of sp³-hybridized carbons (Fsp3) is 0.357. The molecule has 1 aromatic carbocycles. The summed E-state index contributed by atoms with van der Waals surface area (Å²) in [4.78, 5) is 4.37. The van der Waals surface area contributed by atoms with Crippen LogP contribution in [0.4, 0.5) is 5.69 Å². The molecule has 0 spiro atoms. The highest BCUT2D eigenvalue weighted by Gasteiger charge is 2.09. The van der Waals surface area contributed by atoms with Crippen molar-refractivity contribution in [1.29, 1.82) is 0 Å². The van der Waals surface area contributed by atoms with Gasteiger partial charge in [0, 0.05) is 38.1 Å². The molecule has 0 fully saturated rings. The Balaban J connectivity index is 1.87. The molecule has 1 aliphatic heterocycles. The van der Waals surface area contributed by atoms with E-state index < -0.39 is 0 Å². The number of benzene rings is 1. The highest BCUT2D eigenvalue weighted by Crippen LogP contribution is 2.23. The summed E-state index contributed by atoms with van der Waals surface area (Å²) >= 11 is 0. The summed E-state index contributed by atoms with van der Waals surface area (Å²) in [5.74, 6) is 1.12. The van der Waals surface area contributed by atoms with Gasteiger partial charge in [-0.15, -0.1) is 0 Å². The van der Waals surface area contributed by atoms with Gasteiger partial charge in [0.25, 0.3) is 0 Å². The zero-order chi connectivity index (χ0) is 11.7. The van der Waals surface area contributed by atoms with Crippen LogP contribution < -0.4 is 5.32 Å². The quantitative estimate of drug-likeness (QED) is 0.853. The van der Waals surface area contributed by atoms with Crippen molar-refractivity contribution in [3.63, 3.8) is 0 Å². The Bertz CT molecular complexity index is 528. The third-order valence-corrected chi connectivity index (χ3v) is 3.39. The van der Waals surface area contributed by atoms with Gasteiger partial charge in [-0.05, 0) is 30.0 Å². The molecule has 1 aliphatic rings. The average molecular weight is 227 g/mol. The SMILES string of the molecule is Cn1ccnc1Cc1ccc2c(c1)CCCN2. The van der Waals surface area contributed by atoms with Crippen LogP contribution in [-0.4, -0.2) is 16.1 Å². The van der Waals surface area contributed by atoms with Crippen LogP contribution in [0.1, 0.15) is 23.4 Å². The number of hydrogen-bond acceptors (Lipinski definition) is 2. The normalized spacial score (nSPS) is 14.2. The maximum Gasteiger partial charge on any atom is 0.112 e. The minimum Gasteiger partial charge on any atom is -0.385 e. The molecule has 1 N–H and O–H groups in total.